The van der Waals surface area contributed by atoms with Crippen LogP contribution in [-0.2, 0) is 0 Å². The Labute approximate surface area is 88.3 Å². The highest BCUT2D eigenvalue weighted by atomic mass is 19.4. The molecular weight excluding hydrogens is 221 g/mol. The second-order valence-corrected chi connectivity index (χ2v) is 3.23. The van der Waals surface area contributed by atoms with Crippen LogP contribution in [0.25, 0.3) is 10.9 Å². The van der Waals surface area contributed by atoms with Gasteiger partial charge in [-0.05, 0) is 23.6 Å². The van der Waals surface area contributed by atoms with Crippen molar-refractivity contribution in [1.29, 1.82) is 0 Å². The van der Waals surface area contributed by atoms with E-state index in [1.807, 2.05) is 0 Å². The van der Waals surface area contributed by atoms with Gasteiger partial charge in [-0.3, -0.25) is 10.1 Å². The first-order chi connectivity index (χ1) is 7.46. The van der Waals surface area contributed by atoms with Crippen LogP contribution < -0.4 is 5.32 Å². The minimum absolute atomic E-state index is 0.0349. The highest BCUT2D eigenvalue weighted by Gasteiger charge is 2.30. The van der Waals surface area contributed by atoms with Crippen molar-refractivity contribution in [3.05, 3.63) is 36.0 Å². The number of aromatic amines is 1. The lowest BCUT2D eigenvalue weighted by molar-refractivity contribution is -0.146. The molecule has 0 aliphatic rings. The number of halogens is 3. The Morgan fingerprint density at radius 1 is 1.25 bits per heavy atom. The second kappa shape index (κ2) is 3.55. The Hall–Kier alpha value is -1.98. The van der Waals surface area contributed by atoms with Crippen LogP contribution in [0.3, 0.4) is 0 Å². The van der Waals surface area contributed by atoms with Gasteiger partial charge in [-0.2, -0.15) is 13.2 Å². The molecule has 0 saturated carbocycles. The molecule has 2 rings (SSSR count). The number of amides is 1. The maximum atomic E-state index is 11.9. The number of carbonyl (C=O) groups is 1. The molecule has 16 heavy (non-hydrogen) atoms. The Morgan fingerprint density at radius 2 is 2.00 bits per heavy atom. The maximum absolute atomic E-state index is 11.9. The van der Waals surface area contributed by atoms with Crippen molar-refractivity contribution in [3.63, 3.8) is 0 Å². The molecule has 0 fully saturated rings. The number of fused-ring (bicyclic) bond motifs is 1. The summed E-state index contributed by atoms with van der Waals surface area (Å²) in [5.41, 5.74) is 0.585. The quantitative estimate of drug-likeness (QED) is 0.723. The Morgan fingerprint density at radius 3 is 2.69 bits per heavy atom. The normalized spacial score (nSPS) is 11.7. The van der Waals surface area contributed by atoms with E-state index in [1.165, 1.54) is 12.1 Å². The summed E-state index contributed by atoms with van der Waals surface area (Å²) in [6.45, 7) is 0. The molecule has 0 saturated heterocycles. The molecule has 0 spiro atoms. The molecule has 0 radical (unpaired) electrons. The topological polar surface area (TPSA) is 44.9 Å². The number of aromatic nitrogens is 1. The highest BCUT2D eigenvalue weighted by Crippen LogP contribution is 2.16. The van der Waals surface area contributed by atoms with Gasteiger partial charge in [0, 0.05) is 17.3 Å². The van der Waals surface area contributed by atoms with Crippen LogP contribution in [0.5, 0.6) is 0 Å². The fourth-order valence-corrected chi connectivity index (χ4v) is 1.39. The van der Waals surface area contributed by atoms with Crippen LogP contribution in [0.2, 0.25) is 0 Å². The molecule has 1 amide bonds. The van der Waals surface area contributed by atoms with Gasteiger partial charge in [0.15, 0.2) is 0 Å². The lowest BCUT2D eigenvalue weighted by Gasteiger charge is -2.08. The fourth-order valence-electron chi connectivity index (χ4n) is 1.39. The number of hydrogen-bond acceptors (Lipinski definition) is 1. The molecule has 0 aliphatic heterocycles. The first-order valence-corrected chi connectivity index (χ1v) is 4.42. The molecule has 0 bridgehead atoms. The number of alkyl halides is 3. The number of benzene rings is 1. The summed E-state index contributed by atoms with van der Waals surface area (Å²) in [7, 11) is 0. The van der Waals surface area contributed by atoms with E-state index in [9.17, 15) is 18.0 Å². The smallest absolute Gasteiger partial charge is 0.361 e. The molecule has 1 heterocycles. The molecule has 2 N–H and O–H groups in total. The average Bonchev–Trinajstić information content (AvgIpc) is 2.61. The van der Waals surface area contributed by atoms with E-state index in [0.29, 0.717) is 5.52 Å². The monoisotopic (exact) mass is 228 g/mol. The summed E-state index contributed by atoms with van der Waals surface area (Å²) < 4.78 is 35.7. The summed E-state index contributed by atoms with van der Waals surface area (Å²) in [5, 5.41) is 1.78. The van der Waals surface area contributed by atoms with E-state index in [0.717, 1.165) is 10.7 Å². The lowest BCUT2D eigenvalue weighted by atomic mass is 10.1. The van der Waals surface area contributed by atoms with Crippen molar-refractivity contribution < 1.29 is 18.0 Å². The lowest BCUT2D eigenvalue weighted by Crippen LogP contribution is -2.37. The maximum Gasteiger partial charge on any atom is 0.484 e. The zero-order chi connectivity index (χ0) is 11.8. The van der Waals surface area contributed by atoms with E-state index in [1.54, 1.807) is 18.3 Å². The Balaban J connectivity index is 2.29. The number of nitrogens with one attached hydrogen (secondary N) is 2. The van der Waals surface area contributed by atoms with Crippen molar-refractivity contribution in [2.24, 2.45) is 0 Å². The van der Waals surface area contributed by atoms with Crippen LogP contribution in [0.4, 0.5) is 13.2 Å². The number of hydrogen-bond donors (Lipinski definition) is 2. The molecule has 0 atom stereocenters. The first kappa shape index (κ1) is 10.5. The van der Waals surface area contributed by atoms with Gasteiger partial charge in [0.25, 0.3) is 5.91 Å². The SMILES string of the molecule is O=C(NC(F)(F)F)c1ccc2cc[nH]c2c1. The predicted octanol–water partition coefficient (Wildman–Crippen LogP) is 2.42. The Bertz CT molecular complexity index is 530. The van der Waals surface area contributed by atoms with Gasteiger partial charge in [-0.1, -0.05) is 6.07 Å². The molecule has 1 aromatic carbocycles. The van der Waals surface area contributed by atoms with Crippen molar-refractivity contribution in [3.8, 4) is 0 Å². The van der Waals surface area contributed by atoms with Crippen molar-refractivity contribution >= 4 is 16.8 Å². The molecule has 6 heteroatoms. The standard InChI is InChI=1S/C10H7F3N2O/c11-10(12,13)15-9(16)7-2-1-6-3-4-14-8(6)5-7/h1-5,14H,(H,15,16). The number of carbonyl (C=O) groups excluding carboxylic acids is 1. The largest absolute Gasteiger partial charge is 0.484 e. The summed E-state index contributed by atoms with van der Waals surface area (Å²) in [6, 6.07) is 6.06. The number of H-pyrrole nitrogens is 1. The number of rotatable bonds is 1. The molecule has 1 aromatic heterocycles. The van der Waals surface area contributed by atoms with Crippen molar-refractivity contribution in [2.75, 3.05) is 0 Å². The van der Waals surface area contributed by atoms with Crippen LogP contribution in [0.1, 0.15) is 10.4 Å². The summed E-state index contributed by atoms with van der Waals surface area (Å²) in [6.07, 6.45) is -3.06. The van der Waals surface area contributed by atoms with Gasteiger partial charge >= 0.3 is 6.30 Å². The predicted molar refractivity (Wildman–Crippen MR) is 51.8 cm³/mol. The minimum Gasteiger partial charge on any atom is -0.361 e. The molecule has 84 valence electrons. The molecular formula is C10H7F3N2O. The van der Waals surface area contributed by atoms with Crippen LogP contribution in [0.15, 0.2) is 30.5 Å². The highest BCUT2D eigenvalue weighted by molar-refractivity contribution is 5.98. The van der Waals surface area contributed by atoms with Crippen LogP contribution in [-0.4, -0.2) is 17.2 Å². The molecule has 2 aromatic rings. The van der Waals surface area contributed by atoms with Crippen molar-refractivity contribution in [1.82, 2.24) is 10.3 Å². The van der Waals surface area contributed by atoms with Crippen molar-refractivity contribution in [2.45, 2.75) is 6.30 Å². The molecule has 3 nitrogen and oxygen atoms in total. The van der Waals surface area contributed by atoms with E-state index in [4.69, 9.17) is 0 Å². The summed E-state index contributed by atoms with van der Waals surface area (Å²) in [4.78, 5) is 14.0. The third-order valence-electron chi connectivity index (χ3n) is 2.07. The van der Waals surface area contributed by atoms with Gasteiger partial charge in [-0.25, -0.2) is 0 Å². The zero-order valence-electron chi connectivity index (χ0n) is 7.93. The van der Waals surface area contributed by atoms with Gasteiger partial charge in [0.1, 0.15) is 0 Å². The molecule has 0 aliphatic carbocycles. The van der Waals surface area contributed by atoms with E-state index < -0.39 is 12.2 Å². The minimum atomic E-state index is -4.71. The third-order valence-corrected chi connectivity index (χ3v) is 2.07. The summed E-state index contributed by atoms with van der Waals surface area (Å²) >= 11 is 0. The molecule has 0 unspecified atom stereocenters. The van der Waals surface area contributed by atoms with Gasteiger partial charge < -0.3 is 4.98 Å². The van der Waals surface area contributed by atoms with Gasteiger partial charge in [0.05, 0.1) is 0 Å². The average molecular weight is 228 g/mol. The van der Waals surface area contributed by atoms with Gasteiger partial charge in [0.2, 0.25) is 0 Å². The van der Waals surface area contributed by atoms with E-state index in [2.05, 4.69) is 4.98 Å². The summed E-state index contributed by atoms with van der Waals surface area (Å²) in [5.74, 6) is -1.16. The first-order valence-electron chi connectivity index (χ1n) is 4.42. The third kappa shape index (κ3) is 2.16. The zero-order valence-corrected chi connectivity index (χ0v) is 7.93. The second-order valence-electron chi connectivity index (χ2n) is 3.23. The van der Waals surface area contributed by atoms with Gasteiger partial charge in [-0.15, -0.1) is 0 Å². The fraction of sp³-hybridized carbons (Fsp3) is 0.100. The van der Waals surface area contributed by atoms with E-state index >= 15 is 0 Å². The Kier molecular flexibility index (Phi) is 2.34. The van der Waals surface area contributed by atoms with Crippen LogP contribution >= 0.6 is 0 Å². The van der Waals surface area contributed by atoms with Crippen LogP contribution in [0, 0.1) is 0 Å². The van der Waals surface area contributed by atoms with E-state index in [-0.39, 0.29) is 5.56 Å².